The number of imidazole rings is 1. The average molecular weight is 317 g/mol. The maximum atomic E-state index is 13.4. The molecular formula is C13H14ClFN2O2S. The van der Waals surface area contributed by atoms with Gasteiger partial charge in [0.25, 0.3) is 0 Å². The van der Waals surface area contributed by atoms with E-state index in [9.17, 15) is 12.8 Å². The molecule has 2 aromatic rings. The molecule has 108 valence electrons. The zero-order valence-electron chi connectivity index (χ0n) is 10.7. The summed E-state index contributed by atoms with van der Waals surface area (Å²) in [7, 11) is -3.05. The van der Waals surface area contributed by atoms with Crippen molar-refractivity contribution in [3.8, 4) is 0 Å². The normalized spacial score (nSPS) is 21.6. The Kier molecular flexibility index (Phi) is 3.46. The first kappa shape index (κ1) is 13.8. The van der Waals surface area contributed by atoms with Gasteiger partial charge in [0.05, 0.1) is 27.9 Å². The van der Waals surface area contributed by atoms with Gasteiger partial charge in [0, 0.05) is 6.54 Å². The fourth-order valence-electron chi connectivity index (χ4n) is 2.72. The molecular weight excluding hydrogens is 303 g/mol. The predicted octanol–water partition coefficient (Wildman–Crippen LogP) is 2.49. The van der Waals surface area contributed by atoms with Gasteiger partial charge in [0.2, 0.25) is 0 Å². The summed E-state index contributed by atoms with van der Waals surface area (Å²) in [4.78, 5) is 4.33. The summed E-state index contributed by atoms with van der Waals surface area (Å²) in [6.07, 6.45) is 1.32. The van der Waals surface area contributed by atoms with Crippen LogP contribution >= 0.6 is 11.6 Å². The monoisotopic (exact) mass is 316 g/mol. The van der Waals surface area contributed by atoms with Gasteiger partial charge < -0.3 is 4.57 Å². The van der Waals surface area contributed by atoms with E-state index in [1.807, 2.05) is 0 Å². The molecule has 0 spiro atoms. The molecule has 20 heavy (non-hydrogen) atoms. The van der Waals surface area contributed by atoms with Gasteiger partial charge in [0.1, 0.15) is 11.6 Å². The van der Waals surface area contributed by atoms with Crippen molar-refractivity contribution in [1.82, 2.24) is 9.55 Å². The smallest absolute Gasteiger partial charge is 0.154 e. The van der Waals surface area contributed by atoms with Crippen molar-refractivity contribution in [2.45, 2.75) is 30.5 Å². The Balaban J connectivity index is 2.07. The Morgan fingerprint density at radius 3 is 2.90 bits per heavy atom. The first-order valence-electron chi connectivity index (χ1n) is 6.43. The van der Waals surface area contributed by atoms with Crippen molar-refractivity contribution in [3.05, 3.63) is 29.8 Å². The molecule has 0 radical (unpaired) electrons. The molecule has 1 unspecified atom stereocenters. The van der Waals surface area contributed by atoms with E-state index >= 15 is 0 Å². The second-order valence-electron chi connectivity index (χ2n) is 5.04. The van der Waals surface area contributed by atoms with Crippen LogP contribution in [0.4, 0.5) is 4.39 Å². The van der Waals surface area contributed by atoms with Crippen LogP contribution in [0.5, 0.6) is 0 Å². The first-order valence-corrected chi connectivity index (χ1v) is 8.68. The van der Waals surface area contributed by atoms with Gasteiger partial charge in [-0.05, 0) is 31.0 Å². The van der Waals surface area contributed by atoms with Gasteiger partial charge in [-0.15, -0.1) is 11.6 Å². The molecule has 1 saturated heterocycles. The Bertz CT molecular complexity index is 757. The maximum Gasteiger partial charge on any atom is 0.154 e. The number of rotatable bonds is 3. The molecule has 1 aliphatic rings. The quantitative estimate of drug-likeness (QED) is 0.818. The third-order valence-corrected chi connectivity index (χ3v) is 6.26. The Morgan fingerprint density at radius 2 is 2.25 bits per heavy atom. The SMILES string of the molecule is O=S1(=O)CCCC1Cn1c(CCl)nc2ccc(F)cc21. The number of sulfone groups is 1. The molecule has 7 heteroatoms. The Hall–Kier alpha value is -1.14. The van der Waals surface area contributed by atoms with E-state index in [-0.39, 0.29) is 17.5 Å². The summed E-state index contributed by atoms with van der Waals surface area (Å²) < 4.78 is 39.0. The average Bonchev–Trinajstić information content (AvgIpc) is 2.91. The highest BCUT2D eigenvalue weighted by molar-refractivity contribution is 7.92. The van der Waals surface area contributed by atoms with Crippen LogP contribution in [0, 0.1) is 5.82 Å². The van der Waals surface area contributed by atoms with E-state index < -0.39 is 15.1 Å². The van der Waals surface area contributed by atoms with Gasteiger partial charge in [-0.3, -0.25) is 0 Å². The van der Waals surface area contributed by atoms with Gasteiger partial charge >= 0.3 is 0 Å². The van der Waals surface area contributed by atoms with Crippen molar-refractivity contribution >= 4 is 32.5 Å². The van der Waals surface area contributed by atoms with Crippen LogP contribution in [0.3, 0.4) is 0 Å². The van der Waals surface area contributed by atoms with Crippen molar-refractivity contribution < 1.29 is 12.8 Å². The van der Waals surface area contributed by atoms with Gasteiger partial charge in [-0.2, -0.15) is 0 Å². The lowest BCUT2D eigenvalue weighted by molar-refractivity contribution is 0.565. The number of fused-ring (bicyclic) bond motifs is 1. The lowest BCUT2D eigenvalue weighted by Gasteiger charge is -2.13. The van der Waals surface area contributed by atoms with Crippen LogP contribution in [0.2, 0.25) is 0 Å². The number of aromatic nitrogens is 2. The molecule has 0 saturated carbocycles. The highest BCUT2D eigenvalue weighted by Gasteiger charge is 2.32. The number of alkyl halides is 1. The minimum absolute atomic E-state index is 0.170. The fourth-order valence-corrected chi connectivity index (χ4v) is 4.73. The van der Waals surface area contributed by atoms with Crippen LogP contribution < -0.4 is 0 Å². The standard InChI is InChI=1S/C13H14ClFN2O2S/c14-7-13-16-11-4-3-9(15)6-12(11)17(13)8-10-2-1-5-20(10,18)19/h3-4,6,10H,1-2,5,7-8H2. The molecule has 0 bridgehead atoms. The molecule has 0 aliphatic carbocycles. The minimum atomic E-state index is -3.05. The third-order valence-electron chi connectivity index (χ3n) is 3.76. The van der Waals surface area contributed by atoms with E-state index in [0.29, 0.717) is 36.2 Å². The Labute approximate surface area is 121 Å². The molecule has 1 atom stereocenters. The molecule has 1 aliphatic heterocycles. The van der Waals surface area contributed by atoms with E-state index in [1.54, 1.807) is 10.6 Å². The van der Waals surface area contributed by atoms with Crippen LogP contribution in [0.25, 0.3) is 11.0 Å². The predicted molar refractivity (Wildman–Crippen MR) is 76.1 cm³/mol. The van der Waals surface area contributed by atoms with Crippen molar-refractivity contribution in [2.24, 2.45) is 0 Å². The van der Waals surface area contributed by atoms with Gasteiger partial charge in [-0.1, -0.05) is 0 Å². The first-order chi connectivity index (χ1) is 9.51. The minimum Gasteiger partial charge on any atom is -0.326 e. The number of hydrogen-bond acceptors (Lipinski definition) is 3. The molecule has 1 aromatic carbocycles. The molecule has 0 amide bonds. The second-order valence-corrected chi connectivity index (χ2v) is 7.70. The lowest BCUT2D eigenvalue weighted by atomic mass is 10.2. The van der Waals surface area contributed by atoms with Crippen molar-refractivity contribution in [2.75, 3.05) is 5.75 Å². The summed E-state index contributed by atoms with van der Waals surface area (Å²) in [6.45, 7) is 0.296. The molecule has 0 N–H and O–H groups in total. The second kappa shape index (κ2) is 5.00. The van der Waals surface area contributed by atoms with Crippen LogP contribution in [-0.2, 0) is 22.3 Å². The van der Waals surface area contributed by atoms with E-state index in [1.165, 1.54) is 12.1 Å². The molecule has 3 rings (SSSR count). The van der Waals surface area contributed by atoms with Crippen LogP contribution in [0.15, 0.2) is 18.2 Å². The van der Waals surface area contributed by atoms with Gasteiger partial charge in [0.15, 0.2) is 9.84 Å². The fraction of sp³-hybridized carbons (Fsp3) is 0.462. The molecule has 1 aromatic heterocycles. The molecule has 1 fully saturated rings. The van der Waals surface area contributed by atoms with Crippen LogP contribution in [0.1, 0.15) is 18.7 Å². The summed E-state index contributed by atoms with van der Waals surface area (Å²) in [5.74, 6) is 0.612. The number of benzene rings is 1. The summed E-state index contributed by atoms with van der Waals surface area (Å²) >= 11 is 5.87. The van der Waals surface area contributed by atoms with Crippen molar-refractivity contribution in [3.63, 3.8) is 0 Å². The number of nitrogens with zero attached hydrogens (tertiary/aromatic N) is 2. The number of halogens is 2. The Morgan fingerprint density at radius 1 is 1.45 bits per heavy atom. The van der Waals surface area contributed by atoms with Gasteiger partial charge in [-0.25, -0.2) is 17.8 Å². The van der Waals surface area contributed by atoms with E-state index in [4.69, 9.17) is 11.6 Å². The summed E-state index contributed by atoms with van der Waals surface area (Å²) in [5.41, 5.74) is 1.24. The zero-order valence-corrected chi connectivity index (χ0v) is 12.3. The molecule has 4 nitrogen and oxygen atoms in total. The van der Waals surface area contributed by atoms with E-state index in [0.717, 1.165) is 0 Å². The number of hydrogen-bond donors (Lipinski definition) is 0. The maximum absolute atomic E-state index is 13.4. The largest absolute Gasteiger partial charge is 0.326 e. The lowest BCUT2D eigenvalue weighted by Crippen LogP contribution is -2.23. The highest BCUT2D eigenvalue weighted by Crippen LogP contribution is 2.25. The van der Waals surface area contributed by atoms with Crippen LogP contribution in [-0.4, -0.2) is 29.0 Å². The topological polar surface area (TPSA) is 52.0 Å². The van der Waals surface area contributed by atoms with E-state index in [2.05, 4.69) is 4.98 Å². The van der Waals surface area contributed by atoms with Crippen molar-refractivity contribution in [1.29, 1.82) is 0 Å². The summed E-state index contributed by atoms with van der Waals surface area (Å²) in [6, 6.07) is 4.30. The zero-order chi connectivity index (χ0) is 14.3. The highest BCUT2D eigenvalue weighted by atomic mass is 35.5. The third kappa shape index (κ3) is 2.31. The summed E-state index contributed by atoms with van der Waals surface area (Å²) in [5, 5.41) is -0.426. The molecule has 2 heterocycles.